The molecule has 3 rings (SSSR count). The van der Waals surface area contributed by atoms with Gasteiger partial charge in [0.1, 0.15) is 0 Å². The lowest BCUT2D eigenvalue weighted by molar-refractivity contribution is -0.140. The first-order valence-electron chi connectivity index (χ1n) is 10.3. The van der Waals surface area contributed by atoms with Crippen LogP contribution in [-0.2, 0) is 27.2 Å². The summed E-state index contributed by atoms with van der Waals surface area (Å²) < 4.78 is 12.4. The summed E-state index contributed by atoms with van der Waals surface area (Å²) >= 11 is 0. The topological polar surface area (TPSA) is 99.7 Å². The van der Waals surface area contributed by atoms with E-state index in [-0.39, 0.29) is 12.4 Å². The largest absolute Gasteiger partial charge is 0.469 e. The van der Waals surface area contributed by atoms with Gasteiger partial charge in [-0.1, -0.05) is 6.07 Å². The van der Waals surface area contributed by atoms with Gasteiger partial charge in [-0.15, -0.1) is 0 Å². The summed E-state index contributed by atoms with van der Waals surface area (Å²) in [4.78, 5) is 30.8. The van der Waals surface area contributed by atoms with Gasteiger partial charge in [0.15, 0.2) is 0 Å². The summed E-state index contributed by atoms with van der Waals surface area (Å²) in [6, 6.07) is 3.74. The van der Waals surface area contributed by atoms with E-state index < -0.39 is 5.91 Å². The third kappa shape index (κ3) is 5.06. The number of pyridine rings is 1. The van der Waals surface area contributed by atoms with Crippen molar-refractivity contribution in [1.29, 1.82) is 0 Å². The summed E-state index contributed by atoms with van der Waals surface area (Å²) in [5, 5.41) is 0. The van der Waals surface area contributed by atoms with Crippen molar-refractivity contribution in [1.82, 2.24) is 14.5 Å². The molecule has 0 unspecified atom stereocenters. The van der Waals surface area contributed by atoms with E-state index in [1.807, 2.05) is 19.1 Å². The fourth-order valence-corrected chi connectivity index (χ4v) is 4.08. The van der Waals surface area contributed by atoms with Crippen LogP contribution in [0.3, 0.4) is 0 Å². The second kappa shape index (κ2) is 10.4. The number of ether oxygens (including phenoxy) is 2. The first-order chi connectivity index (χ1) is 14.5. The molecule has 162 valence electrons. The van der Waals surface area contributed by atoms with Gasteiger partial charge >= 0.3 is 5.97 Å². The number of methoxy groups -OCH3 is 1. The Bertz CT molecular complexity index is 873. The lowest BCUT2D eigenvalue weighted by atomic mass is 9.99. The Morgan fingerprint density at radius 2 is 2.03 bits per heavy atom. The maximum absolute atomic E-state index is 12.4. The zero-order valence-electron chi connectivity index (χ0n) is 17.7. The van der Waals surface area contributed by atoms with Crippen LogP contribution in [0.15, 0.2) is 24.5 Å². The zero-order valence-corrected chi connectivity index (χ0v) is 17.7. The predicted octanol–water partition coefficient (Wildman–Crippen LogP) is 1.79. The molecule has 1 saturated heterocycles. The van der Waals surface area contributed by atoms with Gasteiger partial charge in [0.25, 0.3) is 5.91 Å². The van der Waals surface area contributed by atoms with E-state index in [9.17, 15) is 9.59 Å². The Morgan fingerprint density at radius 3 is 2.67 bits per heavy atom. The molecule has 3 heterocycles. The molecule has 0 spiro atoms. The van der Waals surface area contributed by atoms with Crippen LogP contribution in [0.5, 0.6) is 0 Å². The van der Waals surface area contributed by atoms with Crippen LogP contribution in [0.25, 0.3) is 11.1 Å². The third-order valence-corrected chi connectivity index (χ3v) is 5.58. The minimum atomic E-state index is -0.474. The molecule has 2 aromatic rings. The molecule has 2 N–H and O–H groups in total. The highest BCUT2D eigenvalue weighted by molar-refractivity contribution is 6.02. The number of esters is 1. The summed E-state index contributed by atoms with van der Waals surface area (Å²) in [5.41, 5.74) is 9.60. The van der Waals surface area contributed by atoms with Gasteiger partial charge < -0.3 is 19.8 Å². The van der Waals surface area contributed by atoms with E-state index in [0.29, 0.717) is 12.0 Å². The molecule has 8 nitrogen and oxygen atoms in total. The third-order valence-electron chi connectivity index (χ3n) is 5.58. The molecule has 0 aromatic carbocycles. The van der Waals surface area contributed by atoms with Crippen LogP contribution in [-0.4, -0.2) is 66.3 Å². The SMILES string of the molecule is COC(=O)CCc1c(-c2cccnc2)c(C(N)=O)c(C)n1CCCN1CCOCC1. The van der Waals surface area contributed by atoms with Crippen molar-refractivity contribution in [2.24, 2.45) is 5.73 Å². The summed E-state index contributed by atoms with van der Waals surface area (Å²) in [7, 11) is 1.38. The minimum Gasteiger partial charge on any atom is -0.469 e. The average molecular weight is 415 g/mol. The number of amides is 1. The van der Waals surface area contributed by atoms with Gasteiger partial charge in [-0.25, -0.2) is 0 Å². The van der Waals surface area contributed by atoms with Crippen molar-refractivity contribution in [2.45, 2.75) is 32.7 Å². The predicted molar refractivity (Wildman–Crippen MR) is 113 cm³/mol. The molecule has 0 saturated carbocycles. The van der Waals surface area contributed by atoms with E-state index in [1.54, 1.807) is 12.4 Å². The Labute approximate surface area is 177 Å². The van der Waals surface area contributed by atoms with Crippen LogP contribution in [0.1, 0.15) is 34.6 Å². The van der Waals surface area contributed by atoms with Crippen molar-refractivity contribution in [3.8, 4) is 11.1 Å². The standard InChI is InChI=1S/C22H30N4O4/c1-16-20(22(23)28)21(17-5-3-8-24-15-17)18(6-7-19(27)29-2)26(16)10-4-9-25-11-13-30-14-12-25/h3,5,8,15H,4,6-7,9-14H2,1-2H3,(H2,23,28). The van der Waals surface area contributed by atoms with E-state index >= 15 is 0 Å². The molecule has 1 aliphatic rings. The van der Waals surface area contributed by atoms with Crippen LogP contribution < -0.4 is 5.73 Å². The first-order valence-corrected chi connectivity index (χ1v) is 10.3. The van der Waals surface area contributed by atoms with E-state index in [0.717, 1.165) is 68.3 Å². The molecule has 0 atom stereocenters. The molecular formula is C22H30N4O4. The van der Waals surface area contributed by atoms with Gasteiger partial charge in [-0.3, -0.25) is 19.5 Å². The molecule has 30 heavy (non-hydrogen) atoms. The average Bonchev–Trinajstić information content (AvgIpc) is 3.05. The monoisotopic (exact) mass is 414 g/mol. The van der Waals surface area contributed by atoms with Gasteiger partial charge in [-0.05, 0) is 25.8 Å². The number of hydrogen-bond donors (Lipinski definition) is 1. The molecule has 0 bridgehead atoms. The van der Waals surface area contributed by atoms with Crippen molar-refractivity contribution in [2.75, 3.05) is 40.0 Å². The number of carbonyl (C=O) groups excluding carboxylic acids is 2. The lowest BCUT2D eigenvalue weighted by Gasteiger charge is -2.26. The number of nitrogens with zero attached hydrogens (tertiary/aromatic N) is 3. The maximum atomic E-state index is 12.4. The molecule has 8 heteroatoms. The van der Waals surface area contributed by atoms with E-state index in [1.165, 1.54) is 7.11 Å². The number of aromatic nitrogens is 2. The van der Waals surface area contributed by atoms with Gasteiger partial charge in [0, 0.05) is 61.1 Å². The molecule has 1 aliphatic heterocycles. The van der Waals surface area contributed by atoms with E-state index in [4.69, 9.17) is 15.2 Å². The van der Waals surface area contributed by atoms with Crippen LogP contribution >= 0.6 is 0 Å². The second-order valence-electron chi connectivity index (χ2n) is 7.42. The molecule has 2 aromatic heterocycles. The fourth-order valence-electron chi connectivity index (χ4n) is 4.08. The maximum Gasteiger partial charge on any atom is 0.305 e. The Kier molecular flexibility index (Phi) is 7.59. The minimum absolute atomic E-state index is 0.231. The van der Waals surface area contributed by atoms with E-state index in [2.05, 4.69) is 14.5 Å². The smallest absolute Gasteiger partial charge is 0.305 e. The van der Waals surface area contributed by atoms with Crippen molar-refractivity contribution < 1.29 is 19.1 Å². The van der Waals surface area contributed by atoms with Crippen molar-refractivity contribution in [3.63, 3.8) is 0 Å². The first kappa shape index (κ1) is 22.0. The number of carbonyl (C=O) groups is 2. The number of nitrogens with two attached hydrogens (primary N) is 1. The van der Waals surface area contributed by atoms with Crippen LogP contribution in [0.2, 0.25) is 0 Å². The van der Waals surface area contributed by atoms with Gasteiger partial charge in [0.05, 0.1) is 32.3 Å². The van der Waals surface area contributed by atoms with Crippen molar-refractivity contribution in [3.05, 3.63) is 41.5 Å². The number of primary amides is 1. The number of morpholine rings is 1. The highest BCUT2D eigenvalue weighted by Crippen LogP contribution is 2.33. The fraction of sp³-hybridized carbons (Fsp3) is 0.500. The highest BCUT2D eigenvalue weighted by atomic mass is 16.5. The second-order valence-corrected chi connectivity index (χ2v) is 7.42. The molecule has 1 amide bonds. The number of rotatable bonds is 9. The molecule has 1 fully saturated rings. The summed E-state index contributed by atoms with van der Waals surface area (Å²) in [6.45, 7) is 7.01. The van der Waals surface area contributed by atoms with Gasteiger partial charge in [-0.2, -0.15) is 0 Å². The van der Waals surface area contributed by atoms with Crippen LogP contribution in [0.4, 0.5) is 0 Å². The van der Waals surface area contributed by atoms with Gasteiger partial charge in [0.2, 0.25) is 0 Å². The quantitative estimate of drug-likeness (QED) is 0.628. The molecule has 0 aliphatic carbocycles. The number of hydrogen-bond acceptors (Lipinski definition) is 6. The summed E-state index contributed by atoms with van der Waals surface area (Å²) in [5.74, 6) is -0.760. The van der Waals surface area contributed by atoms with Crippen molar-refractivity contribution >= 4 is 11.9 Å². The highest BCUT2D eigenvalue weighted by Gasteiger charge is 2.25. The lowest BCUT2D eigenvalue weighted by Crippen LogP contribution is -2.37. The zero-order chi connectivity index (χ0) is 21.5. The summed E-state index contributed by atoms with van der Waals surface area (Å²) in [6.07, 6.45) is 5.03. The molecule has 0 radical (unpaired) electrons. The Morgan fingerprint density at radius 1 is 1.27 bits per heavy atom. The Balaban J connectivity index is 1.94. The Hall–Kier alpha value is -2.71. The van der Waals surface area contributed by atoms with Crippen LogP contribution in [0, 0.1) is 6.92 Å². The molecular weight excluding hydrogens is 384 g/mol. The normalized spacial score (nSPS) is 14.6.